The van der Waals surface area contributed by atoms with Gasteiger partial charge in [-0.05, 0) is 0 Å². The topological polar surface area (TPSA) is 29.5 Å². The molecule has 3 heteroatoms. The van der Waals surface area contributed by atoms with Crippen LogP contribution in [0.3, 0.4) is 0 Å². The second-order valence-electron chi connectivity index (χ2n) is 3.23. The van der Waals surface area contributed by atoms with Gasteiger partial charge in [-0.15, -0.1) is 11.1 Å². The maximum absolute atomic E-state index is 8.72. The number of ether oxygens (including phenoxy) is 1. The summed E-state index contributed by atoms with van der Waals surface area (Å²) in [4.78, 5) is 0. The van der Waals surface area contributed by atoms with Gasteiger partial charge >= 0.3 is 0 Å². The van der Waals surface area contributed by atoms with Crippen molar-refractivity contribution in [3.63, 3.8) is 0 Å². The Morgan fingerprint density at radius 1 is 1.07 bits per heavy atom. The smallest absolute Gasteiger partial charge is 0.183 e. The summed E-state index contributed by atoms with van der Waals surface area (Å²) < 4.78 is 5.16. The minimum absolute atomic E-state index is 0. The second-order valence-corrected chi connectivity index (χ2v) is 3.23. The Hall–Kier alpha value is -0.137. The Bertz CT molecular complexity index is 295. The van der Waals surface area contributed by atoms with E-state index in [1.165, 1.54) is 0 Å². The van der Waals surface area contributed by atoms with Gasteiger partial charge < -0.3 is 9.84 Å². The monoisotopic (exact) mass is 269 g/mol. The molecule has 0 amide bonds. The molecule has 1 aromatic carbocycles. The number of rotatable bonds is 2. The molecule has 0 saturated heterocycles. The van der Waals surface area contributed by atoms with Crippen LogP contribution in [0.2, 0.25) is 0 Å². The van der Waals surface area contributed by atoms with Crippen molar-refractivity contribution in [3.05, 3.63) is 28.3 Å². The van der Waals surface area contributed by atoms with Crippen molar-refractivity contribution in [1.82, 2.24) is 0 Å². The zero-order valence-corrected chi connectivity index (χ0v) is 11.5. The van der Waals surface area contributed by atoms with Crippen LogP contribution in [0.25, 0.3) is 0 Å². The third kappa shape index (κ3) is 2.68. The van der Waals surface area contributed by atoms with E-state index in [9.17, 15) is 0 Å². The van der Waals surface area contributed by atoms with Gasteiger partial charge in [0.25, 0.3) is 0 Å². The molecule has 0 heterocycles. The van der Waals surface area contributed by atoms with E-state index in [1.54, 1.807) is 0 Å². The molecule has 0 radical (unpaired) electrons. The van der Waals surface area contributed by atoms with Crippen LogP contribution in [-0.2, 0) is 26.2 Å². The predicted molar refractivity (Wildman–Crippen MR) is 51.9 cm³/mol. The minimum Gasteiger partial charge on any atom is -0.493 e. The van der Waals surface area contributed by atoms with Gasteiger partial charge in [0.1, 0.15) is 0 Å². The summed E-state index contributed by atoms with van der Waals surface area (Å²) in [7, 11) is 0. The molecule has 0 aliphatic carbocycles. The Balaban J connectivity index is 0.00000169. The number of aliphatic hydroxyl groups is 1. The molecule has 0 atom stereocenters. The summed E-state index contributed by atoms with van der Waals surface area (Å²) in [5.41, 5.74) is 4.26. The summed E-state index contributed by atoms with van der Waals surface area (Å²) >= 11 is 0. The third-order valence-electron chi connectivity index (χ3n) is 2.39. The van der Waals surface area contributed by atoms with Crippen molar-refractivity contribution < 1.29 is 36.0 Å². The zero-order chi connectivity index (χ0) is 10.0. The first kappa shape index (κ1) is 13.9. The molecule has 0 spiro atoms. The van der Waals surface area contributed by atoms with Crippen LogP contribution in [0.15, 0.2) is 0 Å². The Morgan fingerprint density at radius 3 is 1.86 bits per heavy atom. The van der Waals surface area contributed by atoms with Gasteiger partial charge in [0.2, 0.25) is 0 Å². The largest absolute Gasteiger partial charge is 0.493 e. The van der Waals surface area contributed by atoms with Crippen LogP contribution in [0.1, 0.15) is 22.3 Å². The molecule has 14 heavy (non-hydrogen) atoms. The fraction of sp³-hybridized carbons (Fsp3) is 0.455. The first-order valence-corrected chi connectivity index (χ1v) is 4.31. The van der Waals surface area contributed by atoms with Crippen molar-refractivity contribution in [1.29, 1.82) is 0 Å². The normalized spacial score (nSPS) is 9.50. The molecule has 0 aromatic heterocycles. The first-order chi connectivity index (χ1) is 6.07. The molecule has 0 saturated carbocycles. The van der Waals surface area contributed by atoms with Gasteiger partial charge in [-0.25, -0.2) is 0 Å². The average Bonchev–Trinajstić information content (AvgIpc) is 2.09. The van der Waals surface area contributed by atoms with E-state index in [2.05, 4.69) is 6.07 Å². The third-order valence-corrected chi connectivity index (χ3v) is 2.39. The van der Waals surface area contributed by atoms with Crippen molar-refractivity contribution in [3.8, 4) is 5.75 Å². The van der Waals surface area contributed by atoms with Crippen LogP contribution in [0, 0.1) is 33.8 Å². The molecule has 0 unspecified atom stereocenters. The standard InChI is InChI=1S/C11H15O2.Zr/c1-7-5-8(2)10(4)11(9(7)3)13-6-12;/h12H,6H2,1-4H3;/q-1;. The molecule has 0 aliphatic rings. The van der Waals surface area contributed by atoms with Gasteiger partial charge in [0.15, 0.2) is 6.79 Å². The van der Waals surface area contributed by atoms with Gasteiger partial charge in [-0.2, -0.15) is 17.2 Å². The van der Waals surface area contributed by atoms with Crippen LogP contribution >= 0.6 is 0 Å². The number of hydrogen-bond acceptors (Lipinski definition) is 2. The Labute approximate surface area is 104 Å². The summed E-state index contributed by atoms with van der Waals surface area (Å²) in [6, 6.07) is 3.24. The molecule has 1 aromatic rings. The SMILES string of the molecule is Cc1[c-]c(C)c(C)c(OCO)c1C.[Zr]. The summed E-state index contributed by atoms with van der Waals surface area (Å²) in [5.74, 6) is 0.788. The molecule has 1 N–H and O–H groups in total. The molecule has 1 rings (SSSR count). The van der Waals surface area contributed by atoms with Crippen molar-refractivity contribution in [2.75, 3.05) is 6.79 Å². The van der Waals surface area contributed by atoms with Gasteiger partial charge in [-0.1, -0.05) is 27.7 Å². The molecular weight excluding hydrogens is 255 g/mol. The van der Waals surface area contributed by atoms with E-state index in [-0.39, 0.29) is 33.0 Å². The van der Waals surface area contributed by atoms with E-state index in [0.717, 1.165) is 28.0 Å². The van der Waals surface area contributed by atoms with E-state index >= 15 is 0 Å². The molecule has 2 nitrogen and oxygen atoms in total. The number of aryl methyl sites for hydroxylation is 2. The summed E-state index contributed by atoms with van der Waals surface area (Å²) in [6.07, 6.45) is 0. The maximum atomic E-state index is 8.72. The van der Waals surface area contributed by atoms with Crippen molar-refractivity contribution in [2.24, 2.45) is 0 Å². The van der Waals surface area contributed by atoms with Crippen LogP contribution < -0.4 is 4.74 Å². The van der Waals surface area contributed by atoms with E-state index in [1.807, 2.05) is 27.7 Å². The number of benzene rings is 1. The van der Waals surface area contributed by atoms with E-state index in [0.29, 0.717) is 0 Å². The van der Waals surface area contributed by atoms with E-state index < -0.39 is 0 Å². The minimum atomic E-state index is -0.273. The molecule has 76 valence electrons. The predicted octanol–water partition coefficient (Wildman–Crippen LogP) is 2.05. The number of aliphatic hydroxyl groups excluding tert-OH is 1. The quantitative estimate of drug-likeness (QED) is 0.658. The summed E-state index contributed by atoms with van der Waals surface area (Å²) in [5, 5.41) is 8.72. The van der Waals surface area contributed by atoms with E-state index in [4.69, 9.17) is 9.84 Å². The Morgan fingerprint density at radius 2 is 1.50 bits per heavy atom. The molecular formula is C11H15O2Zr-. The van der Waals surface area contributed by atoms with Gasteiger partial charge in [0.05, 0.1) is 0 Å². The second kappa shape index (κ2) is 5.67. The first-order valence-electron chi connectivity index (χ1n) is 4.31. The fourth-order valence-electron chi connectivity index (χ4n) is 1.37. The van der Waals surface area contributed by atoms with Gasteiger partial charge in [-0.3, -0.25) is 0 Å². The number of hydrogen-bond donors (Lipinski definition) is 1. The van der Waals surface area contributed by atoms with Crippen LogP contribution in [-0.4, -0.2) is 11.9 Å². The Kier molecular flexibility index (Phi) is 5.62. The molecule has 0 aliphatic heterocycles. The summed E-state index contributed by atoms with van der Waals surface area (Å²) in [6.45, 7) is 7.66. The molecule has 0 fully saturated rings. The van der Waals surface area contributed by atoms with Gasteiger partial charge in [0, 0.05) is 32.0 Å². The van der Waals surface area contributed by atoms with Crippen LogP contribution in [0.5, 0.6) is 5.75 Å². The van der Waals surface area contributed by atoms with Crippen molar-refractivity contribution in [2.45, 2.75) is 27.7 Å². The maximum Gasteiger partial charge on any atom is 0.183 e. The molecule has 0 bridgehead atoms. The fourth-order valence-corrected chi connectivity index (χ4v) is 1.37. The van der Waals surface area contributed by atoms with Crippen molar-refractivity contribution >= 4 is 0 Å². The zero-order valence-electron chi connectivity index (χ0n) is 9.06. The van der Waals surface area contributed by atoms with Crippen LogP contribution in [0.4, 0.5) is 0 Å². The average molecular weight is 270 g/mol.